The lowest BCUT2D eigenvalue weighted by atomic mass is 9.76. The maximum Gasteiger partial charge on any atom is 0.225 e. The third-order valence-corrected chi connectivity index (χ3v) is 11.7. The average Bonchev–Trinajstić information content (AvgIpc) is 3.60. The molecule has 2 aliphatic heterocycles. The van der Waals surface area contributed by atoms with Crippen LogP contribution >= 0.6 is 11.3 Å². The van der Waals surface area contributed by atoms with Crippen LogP contribution in [0.5, 0.6) is 0 Å². The topological polar surface area (TPSA) is 112 Å². The Balaban J connectivity index is 0.00000323. The molecular weight excluding hydrogens is 532 g/mol. The maximum absolute atomic E-state index is 13.5. The zero-order chi connectivity index (χ0) is 27.0. The molecule has 0 bridgehead atoms. The van der Waals surface area contributed by atoms with Crippen LogP contribution in [0.4, 0.5) is 5.69 Å². The van der Waals surface area contributed by atoms with Crippen molar-refractivity contribution in [1.29, 1.82) is 5.26 Å². The van der Waals surface area contributed by atoms with Crippen molar-refractivity contribution in [2.24, 2.45) is 5.92 Å². The lowest BCUT2D eigenvalue weighted by Gasteiger charge is -2.31. The minimum absolute atomic E-state index is 0. The number of hydrogen-bond acceptors (Lipinski definition) is 8. The summed E-state index contributed by atoms with van der Waals surface area (Å²) in [5.74, 6) is 0.489. The third kappa shape index (κ3) is 5.72. The summed E-state index contributed by atoms with van der Waals surface area (Å²) in [5.41, 5.74) is 2.46. The van der Waals surface area contributed by atoms with Crippen molar-refractivity contribution in [2.45, 2.75) is 68.7 Å². The molecule has 2 saturated heterocycles. The van der Waals surface area contributed by atoms with Crippen molar-refractivity contribution in [2.75, 3.05) is 42.7 Å². The molecule has 6 rings (SSSR count). The highest BCUT2D eigenvalue weighted by Crippen LogP contribution is 2.46. The minimum atomic E-state index is -2.93. The van der Waals surface area contributed by atoms with Gasteiger partial charge in [0.05, 0.1) is 39.8 Å². The van der Waals surface area contributed by atoms with Crippen molar-refractivity contribution >= 4 is 32.8 Å². The number of nitrogens with one attached hydrogen (secondary N) is 1. The summed E-state index contributed by atoms with van der Waals surface area (Å²) in [7, 11) is -2.93. The first kappa shape index (κ1) is 26.7. The van der Waals surface area contributed by atoms with Gasteiger partial charge in [0.1, 0.15) is 5.54 Å². The second kappa shape index (κ2) is 10.8. The summed E-state index contributed by atoms with van der Waals surface area (Å²) in [5, 5.41) is 13.7. The Kier molecular flexibility index (Phi) is 7.42. The van der Waals surface area contributed by atoms with Gasteiger partial charge >= 0.3 is 0 Å². The summed E-state index contributed by atoms with van der Waals surface area (Å²) in [4.78, 5) is 22.0. The number of nitrogens with zero attached hydrogens (tertiary/aromatic N) is 3. The molecule has 2 aromatic rings. The molecule has 4 aliphatic rings. The van der Waals surface area contributed by atoms with Crippen LogP contribution in [0.25, 0.3) is 10.4 Å². The van der Waals surface area contributed by atoms with E-state index in [9.17, 15) is 18.5 Å². The highest BCUT2D eigenvalue weighted by Gasteiger charge is 2.47. The van der Waals surface area contributed by atoms with Gasteiger partial charge in [-0.3, -0.25) is 4.79 Å². The van der Waals surface area contributed by atoms with Crippen LogP contribution in [0.2, 0.25) is 0 Å². The largest absolute Gasteiger partial charge is 0.381 e. The Morgan fingerprint density at radius 1 is 1.13 bits per heavy atom. The fraction of sp³-hybridized carbons (Fsp3) is 0.621. The molecule has 1 aromatic heterocycles. The molecule has 8 nitrogen and oxygen atoms in total. The first-order valence-electron chi connectivity index (χ1n) is 14.2. The molecule has 1 amide bonds. The molecule has 0 radical (unpaired) electrons. The second-order valence-electron chi connectivity index (χ2n) is 11.5. The van der Waals surface area contributed by atoms with Gasteiger partial charge in [0, 0.05) is 44.6 Å². The number of carbonyl (C=O) groups excluding carboxylic acids is 1. The Morgan fingerprint density at radius 3 is 2.54 bits per heavy atom. The highest BCUT2D eigenvalue weighted by atomic mass is 32.2. The number of aromatic nitrogens is 1. The quantitative estimate of drug-likeness (QED) is 0.539. The van der Waals surface area contributed by atoms with E-state index in [2.05, 4.69) is 40.6 Å². The van der Waals surface area contributed by atoms with E-state index in [-0.39, 0.29) is 36.6 Å². The van der Waals surface area contributed by atoms with Gasteiger partial charge in [-0.25, -0.2) is 13.4 Å². The van der Waals surface area contributed by atoms with E-state index >= 15 is 0 Å². The van der Waals surface area contributed by atoms with Gasteiger partial charge in [-0.05, 0) is 56.2 Å². The fourth-order valence-electron chi connectivity index (χ4n) is 6.20. The smallest absolute Gasteiger partial charge is 0.225 e. The van der Waals surface area contributed by atoms with Crippen molar-refractivity contribution in [3.63, 3.8) is 0 Å². The molecule has 3 atom stereocenters. The number of nitriles is 1. The highest BCUT2D eigenvalue weighted by molar-refractivity contribution is 7.91. The number of benzene rings is 1. The maximum atomic E-state index is 13.5. The first-order chi connectivity index (χ1) is 18.9. The van der Waals surface area contributed by atoms with Gasteiger partial charge in [-0.15, -0.1) is 11.3 Å². The number of sulfone groups is 1. The molecule has 2 saturated carbocycles. The van der Waals surface area contributed by atoms with Gasteiger partial charge < -0.3 is 15.0 Å². The molecule has 39 heavy (non-hydrogen) atoms. The first-order valence-corrected chi connectivity index (χ1v) is 16.9. The molecular formula is C29H38N4O4S2. The van der Waals surface area contributed by atoms with E-state index in [0.717, 1.165) is 84.8 Å². The minimum Gasteiger partial charge on any atom is -0.381 e. The van der Waals surface area contributed by atoms with Crippen molar-refractivity contribution in [3.05, 3.63) is 35.0 Å². The summed E-state index contributed by atoms with van der Waals surface area (Å²) >= 11 is 1.73. The predicted octanol–water partition coefficient (Wildman–Crippen LogP) is 4.63. The van der Waals surface area contributed by atoms with Gasteiger partial charge in [0.15, 0.2) is 9.84 Å². The monoisotopic (exact) mass is 570 g/mol. The predicted molar refractivity (Wildman–Crippen MR) is 154 cm³/mol. The van der Waals surface area contributed by atoms with Crippen LogP contribution in [-0.4, -0.2) is 62.7 Å². The van der Waals surface area contributed by atoms with Gasteiger partial charge in [0.25, 0.3) is 0 Å². The Hall–Kier alpha value is -2.48. The van der Waals surface area contributed by atoms with Crippen LogP contribution < -0.4 is 10.2 Å². The summed E-state index contributed by atoms with van der Waals surface area (Å²) in [6, 6.07) is 10.7. The number of amides is 1. The molecule has 2 aliphatic carbocycles. The summed E-state index contributed by atoms with van der Waals surface area (Å²) in [6.07, 6.45) is 7.35. The van der Waals surface area contributed by atoms with E-state index in [1.807, 2.05) is 0 Å². The SMILES string of the molecule is N#CC1(NC(=O)[C@@H]2CCCC[C@H]2c2nc(C3CCCOC3)sc2-c2ccc(N3CCS(=O)(=O)CC3)cc2)CC1.[HH]. The zero-order valence-electron chi connectivity index (χ0n) is 22.2. The van der Waals surface area contributed by atoms with Gasteiger partial charge in [-0.2, -0.15) is 5.26 Å². The number of carbonyl (C=O) groups is 1. The van der Waals surface area contributed by atoms with Gasteiger partial charge in [0.2, 0.25) is 5.91 Å². The molecule has 0 spiro atoms. The Labute approximate surface area is 236 Å². The van der Waals surface area contributed by atoms with Crippen LogP contribution in [0.1, 0.15) is 75.3 Å². The molecule has 4 fully saturated rings. The van der Waals surface area contributed by atoms with Gasteiger partial charge in [-0.1, -0.05) is 25.0 Å². The van der Waals surface area contributed by atoms with E-state index in [1.54, 1.807) is 11.3 Å². The van der Waals surface area contributed by atoms with Crippen molar-refractivity contribution in [3.8, 4) is 16.5 Å². The molecule has 1 N–H and O–H groups in total. The number of anilines is 1. The van der Waals surface area contributed by atoms with Crippen LogP contribution in [0, 0.1) is 17.2 Å². The number of hydrogen-bond donors (Lipinski definition) is 1. The molecule has 1 aromatic carbocycles. The van der Waals surface area contributed by atoms with Crippen LogP contribution in [-0.2, 0) is 19.4 Å². The number of thiazole rings is 1. The van der Waals surface area contributed by atoms with Crippen LogP contribution in [0.15, 0.2) is 24.3 Å². The molecule has 10 heteroatoms. The average molecular weight is 571 g/mol. The molecule has 1 unspecified atom stereocenters. The Morgan fingerprint density at radius 2 is 1.87 bits per heavy atom. The van der Waals surface area contributed by atoms with Crippen LogP contribution in [0.3, 0.4) is 0 Å². The molecule has 3 heterocycles. The van der Waals surface area contributed by atoms with E-state index in [4.69, 9.17) is 9.72 Å². The Bertz CT molecular complexity index is 1350. The standard InChI is InChI=1S/C29H36N4O4S2.H2/c30-19-29(11-12-29)32-27(34)24-6-2-1-5-23(24)25-26(38-28(31-25)21-4-3-15-37-18-21)20-7-9-22(10-8-20)33-13-16-39(35,36)17-14-33;/h7-10,21,23-24H,1-6,11-18H2,(H,32,34);1H/t21?,23-,24-;/m1./s1. The summed E-state index contributed by atoms with van der Waals surface area (Å²) in [6.45, 7) is 2.51. The number of rotatable bonds is 6. The van der Waals surface area contributed by atoms with E-state index in [0.29, 0.717) is 19.7 Å². The number of ether oxygens (including phenoxy) is 1. The lowest BCUT2D eigenvalue weighted by molar-refractivity contribution is -0.127. The van der Waals surface area contributed by atoms with E-state index in [1.165, 1.54) is 0 Å². The fourth-order valence-corrected chi connectivity index (χ4v) is 8.66. The normalized spacial score (nSPS) is 27.9. The lowest BCUT2D eigenvalue weighted by Crippen LogP contribution is -2.42. The van der Waals surface area contributed by atoms with E-state index < -0.39 is 15.4 Å². The zero-order valence-corrected chi connectivity index (χ0v) is 23.9. The third-order valence-electron chi connectivity index (χ3n) is 8.80. The van der Waals surface area contributed by atoms with Crippen molar-refractivity contribution in [1.82, 2.24) is 10.3 Å². The molecule has 210 valence electrons. The second-order valence-corrected chi connectivity index (χ2v) is 14.9. The van der Waals surface area contributed by atoms with Crippen molar-refractivity contribution < 1.29 is 19.4 Å². The summed E-state index contributed by atoms with van der Waals surface area (Å²) < 4.78 is 29.5.